The van der Waals surface area contributed by atoms with Gasteiger partial charge in [0, 0.05) is 51.4 Å². The lowest BCUT2D eigenvalue weighted by Gasteiger charge is -2.41. The lowest BCUT2D eigenvalue weighted by atomic mass is 10.0. The van der Waals surface area contributed by atoms with E-state index < -0.39 is 0 Å². The van der Waals surface area contributed by atoms with Gasteiger partial charge in [0.25, 0.3) is 0 Å². The number of carbonyl (C=O) groups is 1. The summed E-state index contributed by atoms with van der Waals surface area (Å²) < 4.78 is 11.0. The topological polar surface area (TPSA) is 71.0 Å². The van der Waals surface area contributed by atoms with Crippen LogP contribution in [-0.2, 0) is 9.53 Å². The lowest BCUT2D eigenvalue weighted by molar-refractivity contribution is -0.147. The Kier molecular flexibility index (Phi) is 5.45. The molecule has 1 aromatic heterocycles. The molecule has 1 aromatic rings. The van der Waals surface area contributed by atoms with Crippen molar-refractivity contribution in [2.45, 2.75) is 43.9 Å². The van der Waals surface area contributed by atoms with Gasteiger partial charge in [-0.25, -0.2) is 9.97 Å². The lowest BCUT2D eigenvalue weighted by Crippen LogP contribution is -2.52. The summed E-state index contributed by atoms with van der Waals surface area (Å²) in [5, 5.41) is 0. The van der Waals surface area contributed by atoms with Crippen molar-refractivity contribution in [3.8, 4) is 5.88 Å². The minimum Gasteiger partial charge on any atom is -0.481 e. The van der Waals surface area contributed by atoms with Crippen molar-refractivity contribution in [3.63, 3.8) is 0 Å². The maximum Gasteiger partial charge on any atom is 0.248 e. The van der Waals surface area contributed by atoms with Crippen molar-refractivity contribution < 1.29 is 14.3 Å². The summed E-state index contributed by atoms with van der Waals surface area (Å²) in [5.74, 6) is 1.68. The molecule has 0 N–H and O–H groups in total. The maximum absolute atomic E-state index is 11.6. The highest BCUT2D eigenvalue weighted by atomic mass is 16.5. The third-order valence-electron chi connectivity index (χ3n) is 5.80. The van der Waals surface area contributed by atoms with E-state index in [1.807, 2.05) is 13.1 Å². The molecule has 1 amide bonds. The third kappa shape index (κ3) is 4.32. The van der Waals surface area contributed by atoms with E-state index in [0.29, 0.717) is 24.5 Å². The first kappa shape index (κ1) is 18.4. The number of hydrogen-bond donors (Lipinski definition) is 0. The van der Waals surface area contributed by atoms with Gasteiger partial charge in [-0.15, -0.1) is 0 Å². The number of morpholine rings is 1. The minimum absolute atomic E-state index is 0.0744. The molecule has 1 saturated carbocycles. The van der Waals surface area contributed by atoms with Crippen molar-refractivity contribution in [1.82, 2.24) is 19.8 Å². The molecule has 0 aromatic carbocycles. The highest BCUT2D eigenvalue weighted by molar-refractivity contribution is 5.77. The zero-order chi connectivity index (χ0) is 18.8. The Morgan fingerprint density at radius 1 is 1.22 bits per heavy atom. The number of carbonyl (C=O) groups excluding carboxylic acids is 1. The molecule has 1 aliphatic carbocycles. The van der Waals surface area contributed by atoms with Gasteiger partial charge < -0.3 is 24.2 Å². The highest BCUT2D eigenvalue weighted by Crippen LogP contribution is 2.36. The average molecular weight is 375 g/mol. The monoisotopic (exact) mass is 375 g/mol. The van der Waals surface area contributed by atoms with Gasteiger partial charge >= 0.3 is 0 Å². The second kappa shape index (κ2) is 7.98. The molecule has 0 bridgehead atoms. The predicted octanol–water partition coefficient (Wildman–Crippen LogP) is 0.776. The van der Waals surface area contributed by atoms with Gasteiger partial charge in [0.1, 0.15) is 18.8 Å². The molecule has 148 valence electrons. The Morgan fingerprint density at radius 3 is 2.63 bits per heavy atom. The van der Waals surface area contributed by atoms with Gasteiger partial charge in [0.15, 0.2) is 0 Å². The summed E-state index contributed by atoms with van der Waals surface area (Å²) in [4.78, 5) is 27.0. The molecule has 0 radical (unpaired) electrons. The number of likely N-dealkylation sites (N-methyl/N-ethyl adjacent to an activating group) is 1. The SMILES string of the molecule is COc1cc(N(C2CC2)C2CCN(CC3CN(C)C(=O)CO3)CC2)ncn1. The Balaban J connectivity index is 1.34. The molecule has 3 aliphatic rings. The third-order valence-corrected chi connectivity index (χ3v) is 5.80. The van der Waals surface area contributed by atoms with Crippen LogP contribution >= 0.6 is 0 Å². The second-order valence-electron chi connectivity index (χ2n) is 7.80. The summed E-state index contributed by atoms with van der Waals surface area (Å²) >= 11 is 0. The van der Waals surface area contributed by atoms with E-state index in [-0.39, 0.29) is 18.6 Å². The number of aromatic nitrogens is 2. The first-order valence-corrected chi connectivity index (χ1v) is 9.86. The van der Waals surface area contributed by atoms with Crippen LogP contribution in [0.4, 0.5) is 5.82 Å². The van der Waals surface area contributed by atoms with E-state index in [9.17, 15) is 4.79 Å². The smallest absolute Gasteiger partial charge is 0.248 e. The normalized spacial score (nSPS) is 24.9. The average Bonchev–Trinajstić information content (AvgIpc) is 3.51. The first-order chi connectivity index (χ1) is 13.1. The molecule has 2 saturated heterocycles. The van der Waals surface area contributed by atoms with E-state index in [0.717, 1.165) is 38.3 Å². The molecule has 3 fully saturated rings. The number of hydrogen-bond acceptors (Lipinski definition) is 7. The minimum atomic E-state index is 0.0744. The maximum atomic E-state index is 11.6. The summed E-state index contributed by atoms with van der Waals surface area (Å²) in [7, 11) is 3.50. The first-order valence-electron chi connectivity index (χ1n) is 9.86. The molecular weight excluding hydrogens is 346 g/mol. The van der Waals surface area contributed by atoms with E-state index in [2.05, 4.69) is 19.8 Å². The molecule has 8 nitrogen and oxygen atoms in total. The van der Waals surface area contributed by atoms with Gasteiger partial charge in [0.05, 0.1) is 13.2 Å². The van der Waals surface area contributed by atoms with Crippen molar-refractivity contribution >= 4 is 11.7 Å². The molecule has 0 spiro atoms. The fourth-order valence-electron chi connectivity index (χ4n) is 4.15. The van der Waals surface area contributed by atoms with Crippen LogP contribution in [0, 0.1) is 0 Å². The molecule has 8 heteroatoms. The standard InChI is InChI=1S/C19H29N5O3/c1-22-10-16(27-12-19(22)25)11-23-7-5-15(6-8-23)24(14-3-4-14)17-9-18(26-2)21-13-20-17/h9,13-16H,3-8,10-12H2,1-2H3. The largest absolute Gasteiger partial charge is 0.481 e. The Hall–Kier alpha value is -1.93. The fourth-order valence-corrected chi connectivity index (χ4v) is 4.15. The molecule has 1 atom stereocenters. The second-order valence-corrected chi connectivity index (χ2v) is 7.80. The van der Waals surface area contributed by atoms with Crippen molar-refractivity contribution in [3.05, 3.63) is 12.4 Å². The Labute approximate surface area is 160 Å². The number of likely N-dealkylation sites (tertiary alicyclic amines) is 1. The molecule has 27 heavy (non-hydrogen) atoms. The number of amides is 1. The van der Waals surface area contributed by atoms with Crippen LogP contribution in [0.25, 0.3) is 0 Å². The number of nitrogens with zero attached hydrogens (tertiary/aromatic N) is 5. The van der Waals surface area contributed by atoms with E-state index in [1.54, 1.807) is 18.3 Å². The van der Waals surface area contributed by atoms with E-state index in [4.69, 9.17) is 9.47 Å². The van der Waals surface area contributed by atoms with Crippen LogP contribution in [0.15, 0.2) is 12.4 Å². The van der Waals surface area contributed by atoms with Crippen LogP contribution in [0.5, 0.6) is 5.88 Å². The van der Waals surface area contributed by atoms with Gasteiger partial charge in [-0.2, -0.15) is 0 Å². The number of ether oxygens (including phenoxy) is 2. The molecule has 3 heterocycles. The van der Waals surface area contributed by atoms with E-state index in [1.165, 1.54) is 12.8 Å². The van der Waals surface area contributed by atoms with Gasteiger partial charge in [-0.1, -0.05) is 0 Å². The zero-order valence-corrected chi connectivity index (χ0v) is 16.2. The van der Waals surface area contributed by atoms with Crippen molar-refractivity contribution in [2.75, 3.05) is 51.8 Å². The number of rotatable bonds is 6. The Bertz CT molecular complexity index is 661. The molecule has 4 rings (SSSR count). The molecule has 2 aliphatic heterocycles. The van der Waals surface area contributed by atoms with Crippen LogP contribution in [0.3, 0.4) is 0 Å². The Morgan fingerprint density at radius 2 is 1.96 bits per heavy atom. The van der Waals surface area contributed by atoms with Crippen LogP contribution < -0.4 is 9.64 Å². The quantitative estimate of drug-likeness (QED) is 0.727. The number of anilines is 1. The van der Waals surface area contributed by atoms with Gasteiger partial charge in [0.2, 0.25) is 11.8 Å². The summed E-state index contributed by atoms with van der Waals surface area (Å²) in [5.41, 5.74) is 0. The van der Waals surface area contributed by atoms with Crippen molar-refractivity contribution in [2.24, 2.45) is 0 Å². The number of piperidine rings is 1. The van der Waals surface area contributed by atoms with Gasteiger partial charge in [-0.05, 0) is 25.7 Å². The summed E-state index contributed by atoms with van der Waals surface area (Å²) in [6, 6.07) is 3.06. The molecular formula is C19H29N5O3. The highest BCUT2D eigenvalue weighted by Gasteiger charge is 2.37. The molecule has 1 unspecified atom stereocenters. The van der Waals surface area contributed by atoms with Crippen molar-refractivity contribution in [1.29, 1.82) is 0 Å². The van der Waals surface area contributed by atoms with Crippen LogP contribution in [-0.4, -0.2) is 90.8 Å². The van der Waals surface area contributed by atoms with Crippen LogP contribution in [0.1, 0.15) is 25.7 Å². The van der Waals surface area contributed by atoms with Crippen LogP contribution in [0.2, 0.25) is 0 Å². The van der Waals surface area contributed by atoms with Gasteiger partial charge in [-0.3, -0.25) is 4.79 Å². The predicted molar refractivity (Wildman–Crippen MR) is 101 cm³/mol. The zero-order valence-electron chi connectivity index (χ0n) is 16.2. The van der Waals surface area contributed by atoms with E-state index >= 15 is 0 Å². The summed E-state index contributed by atoms with van der Waals surface area (Å²) in [6.07, 6.45) is 6.42. The number of methoxy groups -OCH3 is 1. The fraction of sp³-hybridized carbons (Fsp3) is 0.737. The summed E-state index contributed by atoms with van der Waals surface area (Å²) in [6.45, 7) is 3.90.